The number of carbonyl (C=O) groups is 1. The number of ketones is 1. The molecule has 0 unspecified atom stereocenters. The summed E-state index contributed by atoms with van der Waals surface area (Å²) in [4.78, 5) is 13.3. The van der Waals surface area contributed by atoms with Crippen molar-refractivity contribution in [2.75, 3.05) is 0 Å². The van der Waals surface area contributed by atoms with Gasteiger partial charge < -0.3 is 18.9 Å². The Balaban J connectivity index is 1.21. The van der Waals surface area contributed by atoms with Crippen molar-refractivity contribution in [3.63, 3.8) is 0 Å². The van der Waals surface area contributed by atoms with E-state index in [1.807, 2.05) is 127 Å². The second-order valence-electron chi connectivity index (χ2n) is 9.93. The van der Waals surface area contributed by atoms with Crippen LogP contribution < -0.4 is 18.9 Å². The van der Waals surface area contributed by atoms with E-state index in [9.17, 15) is 4.79 Å². The van der Waals surface area contributed by atoms with E-state index in [4.69, 9.17) is 18.9 Å². The van der Waals surface area contributed by atoms with E-state index >= 15 is 0 Å². The lowest BCUT2D eigenvalue weighted by Gasteiger charge is -2.27. The van der Waals surface area contributed by atoms with Crippen LogP contribution in [0.15, 0.2) is 127 Å². The lowest BCUT2D eigenvalue weighted by atomic mass is 9.95. The highest BCUT2D eigenvalue weighted by Gasteiger charge is 2.32. The van der Waals surface area contributed by atoms with Gasteiger partial charge in [-0.05, 0) is 28.8 Å². The molecular weight excluding hydrogens is 512 g/mol. The largest absolute Gasteiger partial charge is 0.489 e. The van der Waals surface area contributed by atoms with E-state index < -0.39 is 6.10 Å². The first-order valence-electron chi connectivity index (χ1n) is 13.7. The predicted molar refractivity (Wildman–Crippen MR) is 157 cm³/mol. The zero-order valence-electron chi connectivity index (χ0n) is 22.6. The van der Waals surface area contributed by atoms with Gasteiger partial charge in [0.15, 0.2) is 11.9 Å². The fourth-order valence-electron chi connectivity index (χ4n) is 4.76. The van der Waals surface area contributed by atoms with Gasteiger partial charge in [-0.25, -0.2) is 0 Å². The summed E-state index contributed by atoms with van der Waals surface area (Å²) < 4.78 is 24.6. The van der Waals surface area contributed by atoms with Crippen molar-refractivity contribution in [1.82, 2.24) is 0 Å². The number of hydrogen-bond acceptors (Lipinski definition) is 5. The molecule has 0 spiro atoms. The smallest absolute Gasteiger partial charge is 0.182 e. The molecule has 1 atom stereocenters. The van der Waals surface area contributed by atoms with Gasteiger partial charge in [0, 0.05) is 29.7 Å². The van der Waals surface area contributed by atoms with Crippen LogP contribution in [0.2, 0.25) is 0 Å². The van der Waals surface area contributed by atoms with Gasteiger partial charge in [0.2, 0.25) is 0 Å². The van der Waals surface area contributed by atoms with Crippen molar-refractivity contribution < 1.29 is 23.7 Å². The molecule has 204 valence electrons. The van der Waals surface area contributed by atoms with Crippen LogP contribution in [-0.2, 0) is 31.0 Å². The zero-order chi connectivity index (χ0) is 27.9. The molecule has 0 saturated carbocycles. The highest BCUT2D eigenvalue weighted by Crippen LogP contribution is 2.42. The molecule has 0 aliphatic carbocycles. The molecule has 1 aliphatic rings. The third-order valence-electron chi connectivity index (χ3n) is 6.95. The first-order chi connectivity index (χ1) is 20.2. The van der Waals surface area contributed by atoms with Crippen molar-refractivity contribution in [1.29, 1.82) is 0 Å². The standard InChI is InChI=1S/C36H30O5/c37-33-22-32-34(40-25-28-14-8-3-9-15-28)20-31(39-24-27-12-6-2-7-13-27)21-35(32)41-36(33)29-16-18-30(19-17-29)38-23-26-10-4-1-5-11-26/h1-21,36H,22-25H2/t36-/m1/s1. The lowest BCUT2D eigenvalue weighted by Crippen LogP contribution is -2.26. The number of benzene rings is 5. The normalized spacial score (nSPS) is 14.0. The maximum atomic E-state index is 13.3. The van der Waals surface area contributed by atoms with E-state index in [1.165, 1.54) is 0 Å². The molecule has 1 aliphatic heterocycles. The molecule has 0 saturated heterocycles. The molecule has 0 N–H and O–H groups in total. The van der Waals surface area contributed by atoms with Crippen molar-refractivity contribution in [3.05, 3.63) is 155 Å². The van der Waals surface area contributed by atoms with Gasteiger partial charge in [-0.1, -0.05) is 103 Å². The predicted octanol–water partition coefficient (Wildman–Crippen LogP) is 7.67. The maximum absolute atomic E-state index is 13.3. The van der Waals surface area contributed by atoms with Gasteiger partial charge in [0.25, 0.3) is 0 Å². The molecule has 5 heteroatoms. The minimum absolute atomic E-state index is 0.0297. The fourth-order valence-corrected chi connectivity index (χ4v) is 4.76. The molecule has 0 aromatic heterocycles. The van der Waals surface area contributed by atoms with Crippen molar-refractivity contribution in [2.24, 2.45) is 0 Å². The Bertz CT molecular complexity index is 1580. The van der Waals surface area contributed by atoms with Crippen LogP contribution in [-0.4, -0.2) is 5.78 Å². The van der Waals surface area contributed by atoms with Crippen LogP contribution in [0.5, 0.6) is 23.0 Å². The molecule has 6 rings (SSSR count). The van der Waals surface area contributed by atoms with E-state index in [2.05, 4.69) is 0 Å². The van der Waals surface area contributed by atoms with E-state index in [0.29, 0.717) is 37.1 Å². The molecule has 0 amide bonds. The van der Waals surface area contributed by atoms with Crippen LogP contribution in [0.1, 0.15) is 33.9 Å². The molecule has 5 aromatic carbocycles. The van der Waals surface area contributed by atoms with E-state index in [1.54, 1.807) is 0 Å². The summed E-state index contributed by atoms with van der Waals surface area (Å²) in [6.07, 6.45) is -0.521. The molecule has 5 aromatic rings. The molecule has 41 heavy (non-hydrogen) atoms. The maximum Gasteiger partial charge on any atom is 0.182 e. The van der Waals surface area contributed by atoms with E-state index in [0.717, 1.165) is 33.6 Å². The summed E-state index contributed by atoms with van der Waals surface area (Å²) in [5, 5.41) is 0. The zero-order valence-corrected chi connectivity index (χ0v) is 22.6. The third kappa shape index (κ3) is 6.59. The molecule has 0 fully saturated rings. The van der Waals surface area contributed by atoms with Gasteiger partial charge >= 0.3 is 0 Å². The van der Waals surface area contributed by atoms with Crippen LogP contribution in [0.4, 0.5) is 0 Å². The Morgan fingerprint density at radius 2 is 1.10 bits per heavy atom. The van der Waals surface area contributed by atoms with Crippen molar-refractivity contribution in [2.45, 2.75) is 32.3 Å². The van der Waals surface area contributed by atoms with Crippen molar-refractivity contribution in [3.8, 4) is 23.0 Å². The quantitative estimate of drug-likeness (QED) is 0.181. The van der Waals surface area contributed by atoms with Crippen LogP contribution in [0.25, 0.3) is 0 Å². The Kier molecular flexibility index (Phi) is 7.95. The Morgan fingerprint density at radius 3 is 1.66 bits per heavy atom. The van der Waals surface area contributed by atoms with Crippen molar-refractivity contribution >= 4 is 5.78 Å². The topological polar surface area (TPSA) is 54.0 Å². The van der Waals surface area contributed by atoms with Gasteiger partial charge in [-0.15, -0.1) is 0 Å². The first kappa shape index (κ1) is 26.2. The second-order valence-corrected chi connectivity index (χ2v) is 9.93. The third-order valence-corrected chi connectivity index (χ3v) is 6.95. The molecule has 0 radical (unpaired) electrons. The molecule has 5 nitrogen and oxygen atoms in total. The summed E-state index contributed by atoms with van der Waals surface area (Å²) in [7, 11) is 0. The van der Waals surface area contributed by atoms with Gasteiger partial charge in [0.05, 0.1) is 0 Å². The molecular formula is C36H30O5. The number of hydrogen-bond donors (Lipinski definition) is 0. The van der Waals surface area contributed by atoms with Gasteiger partial charge in [0.1, 0.15) is 42.8 Å². The summed E-state index contributed by atoms with van der Waals surface area (Å²) in [5.41, 5.74) is 4.69. The van der Waals surface area contributed by atoms with Gasteiger partial charge in [-0.3, -0.25) is 4.79 Å². The van der Waals surface area contributed by atoms with Crippen LogP contribution >= 0.6 is 0 Å². The Labute approximate surface area is 239 Å². The average Bonchev–Trinajstić information content (AvgIpc) is 3.03. The Hall–Kier alpha value is -5.03. The van der Waals surface area contributed by atoms with Crippen LogP contribution in [0.3, 0.4) is 0 Å². The number of fused-ring (bicyclic) bond motifs is 1. The lowest BCUT2D eigenvalue weighted by molar-refractivity contribution is -0.126. The van der Waals surface area contributed by atoms with E-state index in [-0.39, 0.29) is 12.2 Å². The first-order valence-corrected chi connectivity index (χ1v) is 13.7. The average molecular weight is 543 g/mol. The minimum Gasteiger partial charge on any atom is -0.489 e. The Morgan fingerprint density at radius 1 is 0.585 bits per heavy atom. The molecule has 0 bridgehead atoms. The summed E-state index contributed by atoms with van der Waals surface area (Å²) in [6, 6.07) is 41.1. The fraction of sp³-hybridized carbons (Fsp3) is 0.139. The highest BCUT2D eigenvalue weighted by molar-refractivity contribution is 5.89. The number of carbonyl (C=O) groups excluding carboxylic acids is 1. The summed E-state index contributed by atoms with van der Waals surface area (Å²) in [5.74, 6) is 2.50. The minimum atomic E-state index is -0.725. The highest BCUT2D eigenvalue weighted by atomic mass is 16.5. The second kappa shape index (κ2) is 12.4. The SMILES string of the molecule is O=C1Cc2c(OCc3ccccc3)cc(OCc3ccccc3)cc2O[C@@H]1c1ccc(OCc2ccccc2)cc1. The monoisotopic (exact) mass is 542 g/mol. The number of Topliss-reactive ketones (excluding diaryl/α,β-unsaturated/α-hetero) is 1. The van der Waals surface area contributed by atoms with Crippen LogP contribution in [0, 0.1) is 0 Å². The summed E-state index contributed by atoms with van der Waals surface area (Å²) >= 11 is 0. The number of ether oxygens (including phenoxy) is 4. The summed E-state index contributed by atoms with van der Waals surface area (Å²) in [6.45, 7) is 1.26. The molecule has 1 heterocycles. The number of rotatable bonds is 10. The van der Waals surface area contributed by atoms with Gasteiger partial charge in [-0.2, -0.15) is 0 Å².